The maximum absolute atomic E-state index is 4.98. The molecule has 159 valence electrons. The third-order valence-electron chi connectivity index (χ3n) is 5.58. The number of hydrogen-bond acceptors (Lipinski definition) is 3. The van der Waals surface area contributed by atoms with Gasteiger partial charge in [0.25, 0.3) is 0 Å². The summed E-state index contributed by atoms with van der Waals surface area (Å²) in [5.41, 5.74) is 8.22. The number of thiazole rings is 1. The predicted octanol–water partition coefficient (Wildman–Crippen LogP) is 7.12. The first kappa shape index (κ1) is 22.9. The van der Waals surface area contributed by atoms with E-state index < -0.39 is 0 Å². The van der Waals surface area contributed by atoms with Crippen molar-refractivity contribution in [1.29, 1.82) is 0 Å². The van der Waals surface area contributed by atoms with Crippen molar-refractivity contribution in [3.63, 3.8) is 0 Å². The van der Waals surface area contributed by atoms with E-state index in [0.717, 1.165) is 27.6 Å². The normalized spacial score (nSPS) is 11.5. The number of benzene rings is 2. The molecule has 2 aromatic heterocycles. The van der Waals surface area contributed by atoms with Gasteiger partial charge in [0.15, 0.2) is 0 Å². The maximum atomic E-state index is 4.98. The van der Waals surface area contributed by atoms with Crippen molar-refractivity contribution in [3.8, 4) is 17.1 Å². The molecule has 0 atom stereocenters. The second-order valence-corrected chi connectivity index (χ2v) is 9.60. The van der Waals surface area contributed by atoms with E-state index >= 15 is 0 Å². The van der Waals surface area contributed by atoms with Gasteiger partial charge in [0, 0.05) is 37.2 Å². The number of aromatic nitrogens is 3. The van der Waals surface area contributed by atoms with Crippen LogP contribution in [0.25, 0.3) is 27.3 Å². The van der Waals surface area contributed by atoms with E-state index in [9.17, 15) is 0 Å². The average molecular weight is 595 g/mol. The van der Waals surface area contributed by atoms with Crippen molar-refractivity contribution in [2.24, 2.45) is 0 Å². The van der Waals surface area contributed by atoms with Crippen molar-refractivity contribution in [2.75, 3.05) is 0 Å². The number of hydrogen-bond donors (Lipinski definition) is 0. The van der Waals surface area contributed by atoms with Crippen LogP contribution in [0, 0.1) is 26.8 Å². The van der Waals surface area contributed by atoms with Crippen LogP contribution in [0.1, 0.15) is 67.1 Å². The molecule has 3 nitrogen and oxygen atoms in total. The minimum absolute atomic E-state index is 0. The summed E-state index contributed by atoms with van der Waals surface area (Å²) in [4.78, 5) is 9.66. The minimum Gasteiger partial charge on any atom is -0.337 e. The van der Waals surface area contributed by atoms with Crippen molar-refractivity contribution in [1.82, 2.24) is 14.5 Å². The fraction of sp³-hybridized carbons (Fsp3) is 0.360. The fourth-order valence-corrected chi connectivity index (χ4v) is 4.74. The first-order chi connectivity index (χ1) is 13.8. The van der Waals surface area contributed by atoms with E-state index in [1.54, 1.807) is 11.3 Å². The molecule has 0 amide bonds. The van der Waals surface area contributed by atoms with E-state index in [0.29, 0.717) is 11.8 Å². The van der Waals surface area contributed by atoms with Gasteiger partial charge in [0.2, 0.25) is 0 Å². The van der Waals surface area contributed by atoms with Crippen molar-refractivity contribution in [2.45, 2.75) is 60.3 Å². The molecule has 2 aromatic carbocycles. The Balaban J connectivity index is 0.00000256. The third kappa shape index (κ3) is 3.91. The molecule has 0 aliphatic rings. The maximum Gasteiger partial charge on any atom is 0.0796 e. The molecule has 4 aromatic rings. The van der Waals surface area contributed by atoms with Gasteiger partial charge >= 0.3 is 0 Å². The van der Waals surface area contributed by atoms with Gasteiger partial charge in [-0.05, 0) is 54.0 Å². The van der Waals surface area contributed by atoms with Gasteiger partial charge in [0.05, 0.1) is 10.8 Å². The van der Waals surface area contributed by atoms with Crippen LogP contribution >= 0.6 is 11.3 Å². The average Bonchev–Trinajstić information content (AvgIpc) is 3.19. The molecular formula is C25H28IrN3S-. The van der Waals surface area contributed by atoms with Crippen LogP contribution in [-0.4, -0.2) is 14.5 Å². The van der Waals surface area contributed by atoms with Crippen LogP contribution in [0.15, 0.2) is 30.3 Å². The molecule has 2 heterocycles. The molecule has 0 N–H and O–H groups in total. The van der Waals surface area contributed by atoms with Crippen LogP contribution in [-0.2, 0) is 20.1 Å². The molecular weight excluding hydrogens is 567 g/mol. The summed E-state index contributed by atoms with van der Waals surface area (Å²) in [6, 6.07) is 14.3. The molecule has 0 fully saturated rings. The first-order valence-corrected chi connectivity index (χ1v) is 11.1. The van der Waals surface area contributed by atoms with Gasteiger partial charge in [-0.25, -0.2) is 0 Å². The van der Waals surface area contributed by atoms with E-state index in [2.05, 4.69) is 87.5 Å². The largest absolute Gasteiger partial charge is 0.337 e. The zero-order valence-electron chi connectivity index (χ0n) is 18.6. The number of nitrogens with zero attached hydrogens (tertiary/aromatic N) is 3. The van der Waals surface area contributed by atoms with Crippen molar-refractivity contribution in [3.05, 3.63) is 63.9 Å². The number of aryl methyl sites for hydroxylation is 2. The van der Waals surface area contributed by atoms with Crippen molar-refractivity contribution < 1.29 is 20.1 Å². The Hall–Kier alpha value is -1.81. The zero-order chi connectivity index (χ0) is 20.9. The number of imidazole rings is 1. The van der Waals surface area contributed by atoms with Gasteiger partial charge in [0.1, 0.15) is 0 Å². The molecule has 0 bridgehead atoms. The monoisotopic (exact) mass is 595 g/mol. The van der Waals surface area contributed by atoms with Crippen LogP contribution < -0.4 is 0 Å². The number of para-hydroxylation sites is 1. The zero-order valence-corrected chi connectivity index (χ0v) is 21.8. The molecule has 0 unspecified atom stereocenters. The molecule has 1 radical (unpaired) electrons. The summed E-state index contributed by atoms with van der Waals surface area (Å²) in [7, 11) is 0. The molecule has 0 aliphatic carbocycles. The first-order valence-electron chi connectivity index (χ1n) is 10.3. The van der Waals surface area contributed by atoms with Crippen LogP contribution in [0.5, 0.6) is 0 Å². The summed E-state index contributed by atoms with van der Waals surface area (Å²) in [5.74, 6) is 1.79. The van der Waals surface area contributed by atoms with Gasteiger partial charge in [-0.1, -0.05) is 45.9 Å². The van der Waals surface area contributed by atoms with E-state index in [-0.39, 0.29) is 20.1 Å². The Kier molecular flexibility index (Phi) is 6.66. The van der Waals surface area contributed by atoms with E-state index in [1.807, 2.05) is 6.92 Å². The molecule has 0 spiro atoms. The Bertz CT molecular complexity index is 1170. The number of rotatable bonds is 4. The Labute approximate surface area is 196 Å². The third-order valence-corrected chi connectivity index (χ3v) is 6.51. The van der Waals surface area contributed by atoms with E-state index in [4.69, 9.17) is 4.98 Å². The smallest absolute Gasteiger partial charge is 0.0796 e. The summed E-state index contributed by atoms with van der Waals surface area (Å²) in [6.45, 7) is 15.4. The van der Waals surface area contributed by atoms with Crippen LogP contribution in [0.2, 0.25) is 0 Å². The SMILES string of the molecule is Cc1nc2cc(-c3nc(C)c(C)n3-c3c(C(C)C)cccc3C(C)C)[c-]cc2s1.[Ir]. The van der Waals surface area contributed by atoms with Gasteiger partial charge in [-0.15, -0.1) is 23.8 Å². The van der Waals surface area contributed by atoms with Gasteiger partial charge in [-0.3, -0.25) is 9.97 Å². The molecule has 5 heteroatoms. The summed E-state index contributed by atoms with van der Waals surface area (Å²) in [6.07, 6.45) is 0. The second kappa shape index (κ2) is 8.74. The molecule has 30 heavy (non-hydrogen) atoms. The summed E-state index contributed by atoms with van der Waals surface area (Å²) < 4.78 is 3.51. The minimum atomic E-state index is 0. The Morgan fingerprint density at radius 3 is 2.20 bits per heavy atom. The van der Waals surface area contributed by atoms with Crippen LogP contribution in [0.3, 0.4) is 0 Å². The molecule has 4 rings (SSSR count). The number of fused-ring (bicyclic) bond motifs is 1. The standard InChI is InChI=1S/C25H28N3S.Ir/c1-14(2)20-9-8-10-21(15(3)4)24(20)28-17(6)16(5)26-25(28)19-11-12-23-22(13-19)27-18(7)29-23;/h8-10,12-15H,1-7H3;/q-1;. The Morgan fingerprint density at radius 1 is 0.967 bits per heavy atom. The van der Waals surface area contributed by atoms with E-state index in [1.165, 1.54) is 27.2 Å². The predicted molar refractivity (Wildman–Crippen MR) is 123 cm³/mol. The van der Waals surface area contributed by atoms with Gasteiger partial charge in [-0.2, -0.15) is 11.3 Å². The summed E-state index contributed by atoms with van der Waals surface area (Å²) in [5, 5.41) is 1.08. The molecule has 0 aliphatic heterocycles. The topological polar surface area (TPSA) is 30.7 Å². The van der Waals surface area contributed by atoms with Crippen LogP contribution in [0.4, 0.5) is 0 Å². The van der Waals surface area contributed by atoms with Crippen molar-refractivity contribution >= 4 is 21.6 Å². The molecule has 0 saturated carbocycles. The molecule has 0 saturated heterocycles. The second-order valence-electron chi connectivity index (χ2n) is 8.37. The Morgan fingerprint density at radius 2 is 1.60 bits per heavy atom. The fourth-order valence-electron chi connectivity index (χ4n) is 3.95. The van der Waals surface area contributed by atoms with Gasteiger partial charge < -0.3 is 4.57 Å². The quantitative estimate of drug-likeness (QED) is 0.236. The summed E-state index contributed by atoms with van der Waals surface area (Å²) >= 11 is 1.71.